The predicted molar refractivity (Wildman–Crippen MR) is 72.8 cm³/mol. The van der Waals surface area contributed by atoms with Crippen LogP contribution in [0, 0.1) is 11.8 Å². The molecule has 0 spiro atoms. The van der Waals surface area contributed by atoms with Crippen molar-refractivity contribution in [1.82, 2.24) is 0 Å². The molecule has 4 heteroatoms. The molecule has 1 aliphatic rings. The number of amides is 1. The molecular weight excluding hydrogens is 242 g/mol. The first kappa shape index (κ1) is 13.6. The van der Waals surface area contributed by atoms with Crippen molar-refractivity contribution >= 4 is 17.6 Å². The molecule has 1 heterocycles. The summed E-state index contributed by atoms with van der Waals surface area (Å²) in [6.07, 6.45) is 1.07. The standard InChI is InChI=1S/C15H19NO3/c1-9(2)12(15(18)19-3)7-10-4-5-13-11(6-10)8-14(17)16-13/h4-6,9,12H,7-8H2,1-3H3,(H,16,17). The second-order valence-electron chi connectivity index (χ2n) is 5.29. The SMILES string of the molecule is COC(=O)C(Cc1ccc2c(c1)CC(=O)N2)C(C)C. The van der Waals surface area contributed by atoms with E-state index in [1.807, 2.05) is 32.0 Å². The maximum Gasteiger partial charge on any atom is 0.309 e. The normalized spacial score (nSPS) is 15.1. The van der Waals surface area contributed by atoms with Crippen molar-refractivity contribution < 1.29 is 14.3 Å². The molecule has 1 unspecified atom stereocenters. The van der Waals surface area contributed by atoms with Gasteiger partial charge in [-0.25, -0.2) is 0 Å². The molecule has 102 valence electrons. The molecule has 0 fully saturated rings. The van der Waals surface area contributed by atoms with Gasteiger partial charge in [0.1, 0.15) is 0 Å². The average molecular weight is 261 g/mol. The van der Waals surface area contributed by atoms with Crippen LogP contribution in [0.15, 0.2) is 18.2 Å². The number of esters is 1. The van der Waals surface area contributed by atoms with Gasteiger partial charge in [0.05, 0.1) is 19.4 Å². The number of methoxy groups -OCH3 is 1. The molecule has 4 nitrogen and oxygen atoms in total. The quantitative estimate of drug-likeness (QED) is 0.845. The van der Waals surface area contributed by atoms with Gasteiger partial charge in [0, 0.05) is 5.69 Å². The van der Waals surface area contributed by atoms with Gasteiger partial charge in [-0.3, -0.25) is 9.59 Å². The summed E-state index contributed by atoms with van der Waals surface area (Å²) in [7, 11) is 1.42. The zero-order valence-electron chi connectivity index (χ0n) is 11.5. The number of benzene rings is 1. The molecule has 1 aliphatic heterocycles. The number of carbonyl (C=O) groups is 2. The summed E-state index contributed by atoms with van der Waals surface area (Å²) in [5, 5.41) is 2.80. The van der Waals surface area contributed by atoms with E-state index < -0.39 is 0 Å². The number of anilines is 1. The Labute approximate surface area is 113 Å². The van der Waals surface area contributed by atoms with Crippen molar-refractivity contribution in [2.45, 2.75) is 26.7 Å². The third-order valence-corrected chi connectivity index (χ3v) is 3.56. The van der Waals surface area contributed by atoms with Gasteiger partial charge in [-0.2, -0.15) is 0 Å². The first-order valence-corrected chi connectivity index (χ1v) is 6.50. The van der Waals surface area contributed by atoms with Crippen LogP contribution in [0.5, 0.6) is 0 Å². The van der Waals surface area contributed by atoms with Crippen LogP contribution in [0.25, 0.3) is 0 Å². The van der Waals surface area contributed by atoms with Gasteiger partial charge in [-0.15, -0.1) is 0 Å². The summed E-state index contributed by atoms with van der Waals surface area (Å²) in [6.45, 7) is 4.03. The van der Waals surface area contributed by atoms with Gasteiger partial charge in [0.2, 0.25) is 5.91 Å². The van der Waals surface area contributed by atoms with E-state index in [9.17, 15) is 9.59 Å². The number of hydrogen-bond acceptors (Lipinski definition) is 3. The van der Waals surface area contributed by atoms with Gasteiger partial charge in [0.25, 0.3) is 0 Å². The average Bonchev–Trinajstić information content (AvgIpc) is 2.73. The van der Waals surface area contributed by atoms with Crippen LogP contribution in [0.1, 0.15) is 25.0 Å². The monoisotopic (exact) mass is 261 g/mol. The Bertz CT molecular complexity index is 508. The molecule has 0 bridgehead atoms. The minimum Gasteiger partial charge on any atom is -0.469 e. The summed E-state index contributed by atoms with van der Waals surface area (Å²) < 4.78 is 4.85. The van der Waals surface area contributed by atoms with Crippen molar-refractivity contribution in [3.8, 4) is 0 Å². The van der Waals surface area contributed by atoms with E-state index in [0.29, 0.717) is 12.8 Å². The van der Waals surface area contributed by atoms with Crippen LogP contribution in [0.2, 0.25) is 0 Å². The van der Waals surface area contributed by atoms with Crippen LogP contribution in [-0.4, -0.2) is 19.0 Å². The molecule has 1 aromatic rings. The van der Waals surface area contributed by atoms with Crippen molar-refractivity contribution in [3.05, 3.63) is 29.3 Å². The Morgan fingerprint density at radius 3 is 2.79 bits per heavy atom. The molecule has 0 aliphatic carbocycles. The summed E-state index contributed by atoms with van der Waals surface area (Å²) in [5.74, 6) is -0.0706. The van der Waals surface area contributed by atoms with E-state index in [1.165, 1.54) is 7.11 Å². The van der Waals surface area contributed by atoms with Gasteiger partial charge in [-0.05, 0) is 29.5 Å². The van der Waals surface area contributed by atoms with Crippen molar-refractivity contribution in [2.24, 2.45) is 11.8 Å². The topological polar surface area (TPSA) is 55.4 Å². The Morgan fingerprint density at radius 1 is 1.42 bits per heavy atom. The highest BCUT2D eigenvalue weighted by Gasteiger charge is 2.24. The first-order valence-electron chi connectivity index (χ1n) is 6.50. The van der Waals surface area contributed by atoms with E-state index in [2.05, 4.69) is 5.32 Å². The number of hydrogen-bond donors (Lipinski definition) is 1. The highest BCUT2D eigenvalue weighted by atomic mass is 16.5. The number of fused-ring (bicyclic) bond motifs is 1. The lowest BCUT2D eigenvalue weighted by molar-refractivity contribution is -0.146. The van der Waals surface area contributed by atoms with Gasteiger partial charge < -0.3 is 10.1 Å². The van der Waals surface area contributed by atoms with E-state index in [0.717, 1.165) is 16.8 Å². The molecular formula is C15H19NO3. The Kier molecular flexibility index (Phi) is 3.88. The minimum atomic E-state index is -0.176. The number of carbonyl (C=O) groups excluding carboxylic acids is 2. The largest absolute Gasteiger partial charge is 0.469 e. The van der Waals surface area contributed by atoms with E-state index >= 15 is 0 Å². The van der Waals surface area contributed by atoms with Crippen LogP contribution in [0.3, 0.4) is 0 Å². The fourth-order valence-corrected chi connectivity index (χ4v) is 2.41. The fraction of sp³-hybridized carbons (Fsp3) is 0.467. The number of ether oxygens (including phenoxy) is 1. The Balaban J connectivity index is 2.17. The first-order chi connectivity index (χ1) is 9.01. The molecule has 0 radical (unpaired) electrons. The number of rotatable bonds is 4. The lowest BCUT2D eigenvalue weighted by Gasteiger charge is -2.18. The Morgan fingerprint density at radius 2 is 2.16 bits per heavy atom. The summed E-state index contributed by atoms with van der Waals surface area (Å²) in [6, 6.07) is 5.87. The second-order valence-corrected chi connectivity index (χ2v) is 5.29. The maximum atomic E-state index is 11.8. The molecule has 1 atom stereocenters. The smallest absolute Gasteiger partial charge is 0.309 e. The third-order valence-electron chi connectivity index (χ3n) is 3.56. The predicted octanol–water partition coefficient (Wildman–Crippen LogP) is 2.17. The lowest BCUT2D eigenvalue weighted by atomic mass is 9.88. The van der Waals surface area contributed by atoms with Crippen molar-refractivity contribution in [3.63, 3.8) is 0 Å². The zero-order valence-corrected chi connectivity index (χ0v) is 11.5. The molecule has 1 amide bonds. The van der Waals surface area contributed by atoms with Crippen molar-refractivity contribution in [2.75, 3.05) is 12.4 Å². The van der Waals surface area contributed by atoms with Gasteiger partial charge >= 0.3 is 5.97 Å². The fourth-order valence-electron chi connectivity index (χ4n) is 2.41. The van der Waals surface area contributed by atoms with Crippen LogP contribution < -0.4 is 5.32 Å². The van der Waals surface area contributed by atoms with Crippen LogP contribution in [0.4, 0.5) is 5.69 Å². The van der Waals surface area contributed by atoms with Gasteiger partial charge in [0.15, 0.2) is 0 Å². The summed E-state index contributed by atoms with van der Waals surface area (Å²) in [4.78, 5) is 23.1. The van der Waals surface area contributed by atoms with E-state index in [-0.39, 0.29) is 23.7 Å². The lowest BCUT2D eigenvalue weighted by Crippen LogP contribution is -2.24. The molecule has 1 N–H and O–H groups in total. The maximum absolute atomic E-state index is 11.8. The van der Waals surface area contributed by atoms with E-state index in [4.69, 9.17) is 4.74 Å². The second kappa shape index (κ2) is 5.43. The highest BCUT2D eigenvalue weighted by molar-refractivity contribution is 5.99. The third kappa shape index (κ3) is 2.95. The molecule has 2 rings (SSSR count). The Hall–Kier alpha value is -1.84. The molecule has 19 heavy (non-hydrogen) atoms. The highest BCUT2D eigenvalue weighted by Crippen LogP contribution is 2.26. The molecule has 0 aromatic heterocycles. The molecule has 0 saturated carbocycles. The zero-order chi connectivity index (χ0) is 14.0. The van der Waals surface area contributed by atoms with Crippen LogP contribution >= 0.6 is 0 Å². The summed E-state index contributed by atoms with van der Waals surface area (Å²) in [5.41, 5.74) is 2.96. The van der Waals surface area contributed by atoms with E-state index in [1.54, 1.807) is 0 Å². The van der Waals surface area contributed by atoms with Gasteiger partial charge in [-0.1, -0.05) is 26.0 Å². The van der Waals surface area contributed by atoms with Crippen LogP contribution in [-0.2, 0) is 27.2 Å². The molecule has 1 aromatic carbocycles. The minimum absolute atomic E-state index is 0.0283. The van der Waals surface area contributed by atoms with Crippen molar-refractivity contribution in [1.29, 1.82) is 0 Å². The number of nitrogens with one attached hydrogen (secondary N) is 1. The molecule has 0 saturated heterocycles. The summed E-state index contributed by atoms with van der Waals surface area (Å²) >= 11 is 0.